The normalized spacial score (nSPS) is 9.92. The van der Waals surface area contributed by atoms with Crippen LogP contribution < -0.4 is 4.90 Å². The number of nitrogens with zero attached hydrogens (tertiary/aromatic N) is 3. The quantitative estimate of drug-likeness (QED) is 0.719. The third kappa shape index (κ3) is 1.82. The molecule has 0 atom stereocenters. The lowest BCUT2D eigenvalue weighted by atomic mass is 10.5. The fourth-order valence-electron chi connectivity index (χ4n) is 0.964. The van der Waals surface area contributed by atoms with Gasteiger partial charge in [-0.15, -0.1) is 10.2 Å². The summed E-state index contributed by atoms with van der Waals surface area (Å²) in [6.07, 6.45) is 0. The summed E-state index contributed by atoms with van der Waals surface area (Å²) in [6, 6.07) is 0. The van der Waals surface area contributed by atoms with Gasteiger partial charge in [-0.3, -0.25) is 0 Å². The third-order valence-electron chi connectivity index (χ3n) is 1.52. The van der Waals surface area contributed by atoms with Crippen molar-refractivity contribution in [1.82, 2.24) is 10.2 Å². The Morgan fingerprint density at radius 2 is 2.25 bits per heavy atom. The van der Waals surface area contributed by atoms with Crippen LogP contribution in [0, 0.1) is 6.92 Å². The van der Waals surface area contributed by atoms with Crippen LogP contribution in [0.3, 0.4) is 0 Å². The second-order valence-corrected chi connectivity index (χ2v) is 3.74. The Kier molecular flexibility index (Phi) is 2.81. The highest BCUT2D eigenvalue weighted by atomic mass is 32.1. The molecule has 0 bridgehead atoms. The van der Waals surface area contributed by atoms with Gasteiger partial charge in [-0.05, 0) is 20.8 Å². The number of hydrogen-bond donors (Lipinski definition) is 0. The maximum atomic E-state index is 4.04. The highest BCUT2D eigenvalue weighted by molar-refractivity contribution is 7.15. The summed E-state index contributed by atoms with van der Waals surface area (Å²) in [6.45, 7) is 10.8. The van der Waals surface area contributed by atoms with Crippen molar-refractivity contribution in [3.05, 3.63) is 17.3 Å². The molecule has 12 heavy (non-hydrogen) atoms. The van der Waals surface area contributed by atoms with E-state index >= 15 is 0 Å². The van der Waals surface area contributed by atoms with Crippen LogP contribution in [0.5, 0.6) is 0 Å². The SMILES string of the molecule is C=C(C)N(CC)c1nnc(C)s1. The van der Waals surface area contributed by atoms with Crippen molar-refractivity contribution in [2.75, 3.05) is 11.4 Å². The van der Waals surface area contributed by atoms with Gasteiger partial charge in [0.15, 0.2) is 0 Å². The van der Waals surface area contributed by atoms with Gasteiger partial charge in [0.1, 0.15) is 5.01 Å². The van der Waals surface area contributed by atoms with Gasteiger partial charge in [0.2, 0.25) is 5.13 Å². The topological polar surface area (TPSA) is 29.0 Å². The van der Waals surface area contributed by atoms with Gasteiger partial charge >= 0.3 is 0 Å². The van der Waals surface area contributed by atoms with Crippen LogP contribution in [0.1, 0.15) is 18.9 Å². The summed E-state index contributed by atoms with van der Waals surface area (Å²) in [7, 11) is 0. The molecule has 1 rings (SSSR count). The first-order chi connectivity index (χ1) is 5.65. The van der Waals surface area contributed by atoms with Crippen molar-refractivity contribution >= 4 is 16.5 Å². The molecule has 1 heterocycles. The van der Waals surface area contributed by atoms with E-state index in [1.807, 2.05) is 18.7 Å². The fraction of sp³-hybridized carbons (Fsp3) is 0.500. The molecule has 1 aromatic heterocycles. The van der Waals surface area contributed by atoms with Gasteiger partial charge in [0.25, 0.3) is 0 Å². The summed E-state index contributed by atoms with van der Waals surface area (Å²) >= 11 is 1.59. The molecule has 0 saturated carbocycles. The maximum absolute atomic E-state index is 4.04. The summed E-state index contributed by atoms with van der Waals surface area (Å²) in [5.74, 6) is 0. The van der Waals surface area contributed by atoms with E-state index in [4.69, 9.17) is 0 Å². The van der Waals surface area contributed by atoms with E-state index in [-0.39, 0.29) is 0 Å². The van der Waals surface area contributed by atoms with Gasteiger partial charge in [-0.2, -0.15) is 0 Å². The standard InChI is InChI=1S/C8H13N3S/c1-5-11(6(2)3)8-10-9-7(4)12-8/h2,5H2,1,3-4H3. The summed E-state index contributed by atoms with van der Waals surface area (Å²) < 4.78 is 0. The number of allylic oxidation sites excluding steroid dienone is 1. The number of anilines is 1. The van der Waals surface area contributed by atoms with Crippen LogP contribution in [0.4, 0.5) is 5.13 Å². The van der Waals surface area contributed by atoms with E-state index in [2.05, 4.69) is 23.7 Å². The zero-order chi connectivity index (χ0) is 9.14. The van der Waals surface area contributed by atoms with Crippen LogP contribution >= 0.6 is 11.3 Å². The molecular weight excluding hydrogens is 170 g/mol. The molecule has 0 spiro atoms. The number of aromatic nitrogens is 2. The van der Waals surface area contributed by atoms with Gasteiger partial charge in [0, 0.05) is 12.2 Å². The second-order valence-electron chi connectivity index (χ2n) is 2.58. The molecule has 4 heteroatoms. The molecule has 66 valence electrons. The molecule has 1 aromatic rings. The fourth-order valence-corrected chi connectivity index (χ4v) is 1.79. The molecule has 3 nitrogen and oxygen atoms in total. The van der Waals surface area contributed by atoms with E-state index in [1.54, 1.807) is 11.3 Å². The second kappa shape index (κ2) is 3.67. The van der Waals surface area contributed by atoms with Crippen LogP contribution in [0.25, 0.3) is 0 Å². The molecule has 0 N–H and O–H groups in total. The van der Waals surface area contributed by atoms with Gasteiger partial charge in [-0.1, -0.05) is 17.9 Å². The third-order valence-corrected chi connectivity index (χ3v) is 2.38. The minimum Gasteiger partial charge on any atom is -0.321 e. The minimum atomic E-state index is 0.893. The molecule has 0 radical (unpaired) electrons. The summed E-state index contributed by atoms with van der Waals surface area (Å²) in [5.41, 5.74) is 1.01. The molecule has 0 aromatic carbocycles. The van der Waals surface area contributed by atoms with Crippen molar-refractivity contribution in [3.8, 4) is 0 Å². The molecule has 0 amide bonds. The van der Waals surface area contributed by atoms with Gasteiger partial charge in [-0.25, -0.2) is 0 Å². The van der Waals surface area contributed by atoms with Crippen LogP contribution in [0.2, 0.25) is 0 Å². The van der Waals surface area contributed by atoms with E-state index in [1.165, 1.54) is 0 Å². The Labute approximate surface area is 76.7 Å². The average Bonchev–Trinajstić information content (AvgIpc) is 2.37. The van der Waals surface area contributed by atoms with Crippen molar-refractivity contribution in [1.29, 1.82) is 0 Å². The van der Waals surface area contributed by atoms with E-state index in [0.717, 1.165) is 22.4 Å². The van der Waals surface area contributed by atoms with E-state index < -0.39 is 0 Å². The summed E-state index contributed by atoms with van der Waals surface area (Å²) in [5, 5.41) is 9.92. The van der Waals surface area contributed by atoms with Crippen LogP contribution in [-0.4, -0.2) is 16.7 Å². The van der Waals surface area contributed by atoms with E-state index in [9.17, 15) is 0 Å². The highest BCUT2D eigenvalue weighted by Gasteiger charge is 2.08. The first-order valence-corrected chi connectivity index (χ1v) is 4.70. The van der Waals surface area contributed by atoms with Crippen molar-refractivity contribution in [2.24, 2.45) is 0 Å². The monoisotopic (exact) mass is 183 g/mol. The van der Waals surface area contributed by atoms with Crippen molar-refractivity contribution in [2.45, 2.75) is 20.8 Å². The summed E-state index contributed by atoms with van der Waals surface area (Å²) in [4.78, 5) is 2.05. The molecular formula is C8H13N3S. The largest absolute Gasteiger partial charge is 0.321 e. The number of aryl methyl sites for hydroxylation is 1. The predicted octanol–water partition coefficient (Wildman–Crippen LogP) is 2.21. The molecule has 0 aliphatic carbocycles. The molecule has 0 fully saturated rings. The van der Waals surface area contributed by atoms with Crippen LogP contribution in [0.15, 0.2) is 12.3 Å². The van der Waals surface area contributed by atoms with Crippen molar-refractivity contribution in [3.63, 3.8) is 0 Å². The molecule has 0 unspecified atom stereocenters. The first-order valence-electron chi connectivity index (χ1n) is 3.88. The smallest absolute Gasteiger partial charge is 0.212 e. The average molecular weight is 183 g/mol. The molecule has 0 saturated heterocycles. The minimum absolute atomic E-state index is 0.893. The Morgan fingerprint density at radius 3 is 2.58 bits per heavy atom. The van der Waals surface area contributed by atoms with Crippen molar-refractivity contribution < 1.29 is 0 Å². The lowest BCUT2D eigenvalue weighted by Crippen LogP contribution is -2.19. The van der Waals surface area contributed by atoms with Gasteiger partial charge < -0.3 is 4.90 Å². The first kappa shape index (κ1) is 9.19. The maximum Gasteiger partial charge on any atom is 0.212 e. The lowest BCUT2D eigenvalue weighted by molar-refractivity contribution is 0.918. The number of rotatable bonds is 3. The molecule has 0 aliphatic rings. The Balaban J connectivity index is 2.87. The van der Waals surface area contributed by atoms with Gasteiger partial charge in [0.05, 0.1) is 0 Å². The Hall–Kier alpha value is -0.900. The zero-order valence-electron chi connectivity index (χ0n) is 7.66. The van der Waals surface area contributed by atoms with E-state index in [0.29, 0.717) is 0 Å². The Bertz CT molecular complexity index is 280. The zero-order valence-corrected chi connectivity index (χ0v) is 8.48. The molecule has 0 aliphatic heterocycles. The predicted molar refractivity (Wildman–Crippen MR) is 52.5 cm³/mol. The Morgan fingerprint density at radius 1 is 1.58 bits per heavy atom. The lowest BCUT2D eigenvalue weighted by Gasteiger charge is -2.18. The number of hydrogen-bond acceptors (Lipinski definition) is 4. The highest BCUT2D eigenvalue weighted by Crippen LogP contribution is 2.21. The van der Waals surface area contributed by atoms with Crippen LogP contribution in [-0.2, 0) is 0 Å².